The van der Waals surface area contributed by atoms with Crippen LogP contribution in [0.5, 0.6) is 5.75 Å². The lowest BCUT2D eigenvalue weighted by Gasteiger charge is -2.20. The normalized spacial score (nSPS) is 12.4. The Balaban J connectivity index is 2.00. The maximum atomic E-state index is 6.38. The van der Waals surface area contributed by atoms with Gasteiger partial charge >= 0.3 is 0 Å². The van der Waals surface area contributed by atoms with Crippen molar-refractivity contribution >= 4 is 24.0 Å². The Kier molecular flexibility index (Phi) is 10.9. The number of thiol groups is 1. The van der Waals surface area contributed by atoms with Crippen molar-refractivity contribution in [3.05, 3.63) is 53.6 Å². The van der Waals surface area contributed by atoms with Crippen molar-refractivity contribution in [2.75, 3.05) is 5.75 Å². The summed E-state index contributed by atoms with van der Waals surface area (Å²) in [6.45, 7) is 6.48. The Labute approximate surface area is 182 Å². The summed E-state index contributed by atoms with van der Waals surface area (Å²) in [5.41, 5.74) is 4.15. The van der Waals surface area contributed by atoms with E-state index in [4.69, 9.17) is 4.74 Å². The summed E-state index contributed by atoms with van der Waals surface area (Å²) >= 11 is 4.33. The van der Waals surface area contributed by atoms with Crippen LogP contribution >= 0.6 is 12.6 Å². The second-order valence-electron chi connectivity index (χ2n) is 7.62. The van der Waals surface area contributed by atoms with E-state index in [0.717, 1.165) is 54.1 Å². The van der Waals surface area contributed by atoms with Crippen LogP contribution in [0.15, 0.2) is 52.7 Å². The molecule has 2 aromatic rings. The zero-order valence-corrected chi connectivity index (χ0v) is 19.1. The van der Waals surface area contributed by atoms with E-state index in [1.54, 1.807) is 0 Å². The van der Waals surface area contributed by atoms with Gasteiger partial charge in [0.05, 0.1) is 17.5 Å². The SMILES string of the molecule is CCCCCC(CCCCS)Oc1ccc(N=Nc2ccc(CC)cc2)cc1C. The van der Waals surface area contributed by atoms with Crippen molar-refractivity contribution in [3.63, 3.8) is 0 Å². The Morgan fingerprint density at radius 3 is 2.14 bits per heavy atom. The number of azo groups is 1. The number of ether oxygens (including phenoxy) is 1. The minimum absolute atomic E-state index is 0.282. The molecule has 0 N–H and O–H groups in total. The maximum Gasteiger partial charge on any atom is 0.122 e. The summed E-state index contributed by atoms with van der Waals surface area (Å²) < 4.78 is 6.38. The molecule has 1 unspecified atom stereocenters. The fourth-order valence-electron chi connectivity index (χ4n) is 3.29. The Bertz CT molecular complexity index is 733. The molecule has 0 bridgehead atoms. The molecule has 158 valence electrons. The molecule has 29 heavy (non-hydrogen) atoms. The first kappa shape index (κ1) is 23.5. The molecule has 0 saturated heterocycles. The topological polar surface area (TPSA) is 34.0 Å². The minimum atomic E-state index is 0.282. The fraction of sp³-hybridized carbons (Fsp3) is 0.520. The first-order valence-corrected chi connectivity index (χ1v) is 11.7. The van der Waals surface area contributed by atoms with E-state index >= 15 is 0 Å². The second kappa shape index (κ2) is 13.4. The van der Waals surface area contributed by atoms with Gasteiger partial charge in [-0.25, -0.2) is 0 Å². The molecular weight excluding hydrogens is 376 g/mol. The molecule has 3 nitrogen and oxygen atoms in total. The summed E-state index contributed by atoms with van der Waals surface area (Å²) in [5, 5.41) is 8.76. The highest BCUT2D eigenvalue weighted by atomic mass is 32.1. The van der Waals surface area contributed by atoms with Crippen LogP contribution < -0.4 is 4.74 Å². The van der Waals surface area contributed by atoms with Gasteiger partial charge in [0.2, 0.25) is 0 Å². The van der Waals surface area contributed by atoms with Crippen LogP contribution in [-0.2, 0) is 6.42 Å². The number of nitrogens with zero attached hydrogens (tertiary/aromatic N) is 2. The summed E-state index contributed by atoms with van der Waals surface area (Å²) in [4.78, 5) is 0. The van der Waals surface area contributed by atoms with Crippen LogP contribution in [0.25, 0.3) is 0 Å². The molecule has 0 radical (unpaired) electrons. The Morgan fingerprint density at radius 2 is 1.52 bits per heavy atom. The molecule has 0 amide bonds. The van der Waals surface area contributed by atoms with Gasteiger partial charge in [-0.1, -0.05) is 38.8 Å². The number of aryl methyl sites for hydroxylation is 2. The third-order valence-electron chi connectivity index (χ3n) is 5.14. The second-order valence-corrected chi connectivity index (χ2v) is 8.07. The van der Waals surface area contributed by atoms with Crippen molar-refractivity contribution in [2.24, 2.45) is 10.2 Å². The third kappa shape index (κ3) is 8.61. The standard InChI is InChI=1S/C25H36N2OS/c1-4-6-7-10-24(11-8-9-18-29)28-25-17-16-23(19-20(25)3)27-26-22-14-12-21(5-2)13-15-22/h12-17,19,24,29H,4-11,18H2,1-3H3. The molecule has 0 heterocycles. The molecule has 0 fully saturated rings. The van der Waals surface area contributed by atoms with Crippen LogP contribution in [0, 0.1) is 6.92 Å². The quantitative estimate of drug-likeness (QED) is 0.200. The van der Waals surface area contributed by atoms with Crippen LogP contribution in [0.2, 0.25) is 0 Å². The third-order valence-corrected chi connectivity index (χ3v) is 5.46. The van der Waals surface area contributed by atoms with Gasteiger partial charge in [0.15, 0.2) is 0 Å². The minimum Gasteiger partial charge on any atom is -0.490 e. The van der Waals surface area contributed by atoms with E-state index in [1.807, 2.05) is 24.3 Å². The molecule has 0 aliphatic rings. The maximum absolute atomic E-state index is 6.38. The van der Waals surface area contributed by atoms with Crippen molar-refractivity contribution < 1.29 is 4.74 Å². The van der Waals surface area contributed by atoms with Crippen LogP contribution in [0.1, 0.15) is 69.9 Å². The zero-order chi connectivity index (χ0) is 20.9. The van der Waals surface area contributed by atoms with Crippen molar-refractivity contribution in [2.45, 2.75) is 78.2 Å². The molecule has 4 heteroatoms. The molecular formula is C25H36N2OS. The molecule has 0 saturated carbocycles. The predicted octanol–water partition coefficient (Wildman–Crippen LogP) is 8.40. The van der Waals surface area contributed by atoms with Gasteiger partial charge in [-0.05, 0) is 92.7 Å². The highest BCUT2D eigenvalue weighted by Crippen LogP contribution is 2.28. The molecule has 0 aliphatic carbocycles. The van der Waals surface area contributed by atoms with E-state index in [0.29, 0.717) is 0 Å². The molecule has 0 aliphatic heterocycles. The average molecular weight is 413 g/mol. The van der Waals surface area contributed by atoms with Gasteiger partial charge in [0, 0.05) is 0 Å². The molecule has 0 aromatic heterocycles. The average Bonchev–Trinajstić information content (AvgIpc) is 2.74. The number of unbranched alkanes of at least 4 members (excludes halogenated alkanes) is 3. The molecule has 1 atom stereocenters. The van der Waals surface area contributed by atoms with Crippen molar-refractivity contribution in [1.29, 1.82) is 0 Å². The molecule has 2 aromatic carbocycles. The lowest BCUT2D eigenvalue weighted by atomic mass is 10.0. The van der Waals surface area contributed by atoms with E-state index in [9.17, 15) is 0 Å². The van der Waals surface area contributed by atoms with E-state index in [-0.39, 0.29) is 6.10 Å². The van der Waals surface area contributed by atoms with Crippen molar-refractivity contribution in [3.8, 4) is 5.75 Å². The van der Waals surface area contributed by atoms with E-state index < -0.39 is 0 Å². The van der Waals surface area contributed by atoms with E-state index in [2.05, 4.69) is 61.8 Å². The lowest BCUT2D eigenvalue weighted by molar-refractivity contribution is 0.173. The first-order valence-electron chi connectivity index (χ1n) is 11.0. The van der Waals surface area contributed by atoms with Gasteiger partial charge < -0.3 is 4.74 Å². The molecule has 0 spiro atoms. The van der Waals surface area contributed by atoms with Gasteiger partial charge in [-0.15, -0.1) is 0 Å². The number of rotatable bonds is 13. The van der Waals surface area contributed by atoms with Gasteiger partial charge in [-0.2, -0.15) is 22.9 Å². The summed E-state index contributed by atoms with van der Waals surface area (Å²) in [6, 6.07) is 14.3. The van der Waals surface area contributed by atoms with Crippen LogP contribution in [0.3, 0.4) is 0 Å². The Morgan fingerprint density at radius 1 is 0.862 bits per heavy atom. The van der Waals surface area contributed by atoms with E-state index in [1.165, 1.54) is 31.2 Å². The largest absolute Gasteiger partial charge is 0.490 e. The summed E-state index contributed by atoms with van der Waals surface area (Å²) in [5.74, 6) is 1.91. The number of benzene rings is 2. The smallest absolute Gasteiger partial charge is 0.122 e. The zero-order valence-electron chi connectivity index (χ0n) is 18.2. The highest BCUT2D eigenvalue weighted by Gasteiger charge is 2.12. The van der Waals surface area contributed by atoms with Crippen molar-refractivity contribution in [1.82, 2.24) is 0 Å². The fourth-order valence-corrected chi connectivity index (χ4v) is 3.51. The Hall–Kier alpha value is -1.81. The monoisotopic (exact) mass is 412 g/mol. The summed E-state index contributed by atoms with van der Waals surface area (Å²) in [6.07, 6.45) is 9.58. The van der Waals surface area contributed by atoms with Gasteiger partial charge in [0.1, 0.15) is 5.75 Å². The van der Waals surface area contributed by atoms with Gasteiger partial charge in [0.25, 0.3) is 0 Å². The highest BCUT2D eigenvalue weighted by molar-refractivity contribution is 7.80. The number of hydrogen-bond acceptors (Lipinski definition) is 4. The lowest BCUT2D eigenvalue weighted by Crippen LogP contribution is -2.17. The molecule has 2 rings (SSSR count). The number of hydrogen-bond donors (Lipinski definition) is 1. The first-order chi connectivity index (χ1) is 14.2. The predicted molar refractivity (Wildman–Crippen MR) is 127 cm³/mol. The van der Waals surface area contributed by atoms with Crippen LogP contribution in [0.4, 0.5) is 11.4 Å². The van der Waals surface area contributed by atoms with Gasteiger partial charge in [-0.3, -0.25) is 0 Å². The van der Waals surface area contributed by atoms with Crippen LogP contribution in [-0.4, -0.2) is 11.9 Å². The summed E-state index contributed by atoms with van der Waals surface area (Å²) in [7, 11) is 0.